The van der Waals surface area contributed by atoms with Crippen molar-refractivity contribution < 1.29 is 29.0 Å². The Labute approximate surface area is 187 Å². The Morgan fingerprint density at radius 2 is 1.81 bits per heavy atom. The topological polar surface area (TPSA) is 93.2 Å². The van der Waals surface area contributed by atoms with Gasteiger partial charge in [-0.2, -0.15) is 0 Å². The van der Waals surface area contributed by atoms with E-state index in [-0.39, 0.29) is 29.5 Å². The molecule has 0 aromatic carbocycles. The van der Waals surface area contributed by atoms with Gasteiger partial charge in [0.15, 0.2) is 5.78 Å². The van der Waals surface area contributed by atoms with Gasteiger partial charge in [0.05, 0.1) is 11.5 Å². The predicted octanol–water partition coefficient (Wildman–Crippen LogP) is 3.05. The summed E-state index contributed by atoms with van der Waals surface area (Å²) in [5, 5.41) is 10.4. The van der Waals surface area contributed by atoms with Crippen LogP contribution in [0.3, 0.4) is 0 Å². The van der Waals surface area contributed by atoms with E-state index in [1.165, 1.54) is 6.08 Å². The molecular formula is C26H30O6. The lowest BCUT2D eigenvalue weighted by Gasteiger charge is -2.61. The van der Waals surface area contributed by atoms with E-state index >= 15 is 0 Å². The minimum absolute atomic E-state index is 0.0732. The van der Waals surface area contributed by atoms with E-state index in [9.17, 15) is 19.5 Å². The van der Waals surface area contributed by atoms with E-state index in [0.717, 1.165) is 5.57 Å². The number of carbonyl (C=O) groups is 3. The van der Waals surface area contributed by atoms with Crippen molar-refractivity contribution in [3.05, 3.63) is 35.5 Å². The van der Waals surface area contributed by atoms with Crippen LogP contribution in [-0.2, 0) is 23.9 Å². The molecule has 1 spiro atoms. The van der Waals surface area contributed by atoms with Crippen LogP contribution in [-0.4, -0.2) is 40.6 Å². The van der Waals surface area contributed by atoms with Crippen LogP contribution in [0.1, 0.15) is 53.9 Å². The summed E-state index contributed by atoms with van der Waals surface area (Å²) < 4.78 is 11.4. The van der Waals surface area contributed by atoms with Crippen molar-refractivity contribution in [1.82, 2.24) is 0 Å². The molecule has 32 heavy (non-hydrogen) atoms. The fourth-order valence-electron chi connectivity index (χ4n) is 8.61. The molecule has 170 valence electrons. The lowest BCUT2D eigenvalue weighted by atomic mass is 9.40. The lowest BCUT2D eigenvalue weighted by molar-refractivity contribution is -0.153. The van der Waals surface area contributed by atoms with Crippen LogP contribution in [0, 0.1) is 33.5 Å². The maximum absolute atomic E-state index is 14.0. The van der Waals surface area contributed by atoms with Crippen molar-refractivity contribution in [2.24, 2.45) is 33.5 Å². The Hall–Kier alpha value is -2.05. The SMILES string of the molecule is CC1(C)C(=O)C=C[C@@]2(C)C3=CC[C@]4(C)[C@@H](C5=CC(=O)O[C@H]5O)C[C@@H]5O[C@@]54[C@@]3(C)C(=O)C[C@H]12. The highest BCUT2D eigenvalue weighted by molar-refractivity contribution is 5.99. The van der Waals surface area contributed by atoms with Gasteiger partial charge in [0, 0.05) is 34.3 Å². The summed E-state index contributed by atoms with van der Waals surface area (Å²) in [6.07, 6.45) is 7.65. The quantitative estimate of drug-likeness (QED) is 0.384. The Bertz CT molecular complexity index is 1100. The number of ether oxygens (including phenoxy) is 2. The van der Waals surface area contributed by atoms with Crippen molar-refractivity contribution in [1.29, 1.82) is 0 Å². The molecule has 8 atom stereocenters. The summed E-state index contributed by atoms with van der Waals surface area (Å²) >= 11 is 0. The van der Waals surface area contributed by atoms with Crippen LogP contribution in [0.5, 0.6) is 0 Å². The van der Waals surface area contributed by atoms with Gasteiger partial charge in [-0.1, -0.05) is 39.8 Å². The molecule has 6 nitrogen and oxygen atoms in total. The first kappa shape index (κ1) is 20.5. The third-order valence-electron chi connectivity index (χ3n) is 10.3. The molecule has 0 radical (unpaired) electrons. The summed E-state index contributed by atoms with van der Waals surface area (Å²) in [4.78, 5) is 38.5. The van der Waals surface area contributed by atoms with Gasteiger partial charge in [0.1, 0.15) is 11.4 Å². The van der Waals surface area contributed by atoms with Gasteiger partial charge in [-0.15, -0.1) is 0 Å². The molecular weight excluding hydrogens is 408 g/mol. The number of fused-ring (bicyclic) bond motifs is 3. The molecule has 0 aromatic heterocycles. The van der Waals surface area contributed by atoms with Crippen LogP contribution in [0.15, 0.2) is 35.5 Å². The number of aliphatic hydroxyl groups is 1. The number of Topliss-reactive ketones (excluding diaryl/α,β-unsaturated/α-hetero) is 1. The van der Waals surface area contributed by atoms with E-state index in [2.05, 4.69) is 19.9 Å². The maximum atomic E-state index is 14.0. The molecule has 6 heteroatoms. The average molecular weight is 439 g/mol. The molecule has 1 saturated heterocycles. The Morgan fingerprint density at radius 3 is 2.47 bits per heavy atom. The zero-order valence-electron chi connectivity index (χ0n) is 19.2. The zero-order chi connectivity index (χ0) is 23.1. The highest BCUT2D eigenvalue weighted by Gasteiger charge is 2.85. The van der Waals surface area contributed by atoms with E-state index < -0.39 is 39.5 Å². The minimum atomic E-state index is -1.23. The third kappa shape index (κ3) is 1.92. The van der Waals surface area contributed by atoms with Crippen LogP contribution in [0.2, 0.25) is 0 Å². The molecule has 6 aliphatic rings. The van der Waals surface area contributed by atoms with Crippen molar-refractivity contribution in [3.63, 3.8) is 0 Å². The summed E-state index contributed by atoms with van der Waals surface area (Å²) in [6.45, 7) is 10.2. The second-order valence-corrected chi connectivity index (χ2v) is 11.8. The predicted molar refractivity (Wildman–Crippen MR) is 114 cm³/mol. The van der Waals surface area contributed by atoms with Crippen molar-refractivity contribution in [3.8, 4) is 0 Å². The maximum Gasteiger partial charge on any atom is 0.333 e. The van der Waals surface area contributed by atoms with Crippen molar-refractivity contribution in [2.45, 2.75) is 71.9 Å². The smallest absolute Gasteiger partial charge is 0.333 e. The highest BCUT2D eigenvalue weighted by Crippen LogP contribution is 2.79. The second kappa shape index (κ2) is 5.53. The van der Waals surface area contributed by atoms with Crippen LogP contribution < -0.4 is 0 Å². The lowest BCUT2D eigenvalue weighted by Crippen LogP contribution is -2.64. The van der Waals surface area contributed by atoms with Gasteiger partial charge in [-0.05, 0) is 43.3 Å². The van der Waals surface area contributed by atoms with Crippen LogP contribution in [0.25, 0.3) is 0 Å². The summed E-state index contributed by atoms with van der Waals surface area (Å²) in [5.41, 5.74) is -1.29. The number of esters is 1. The average Bonchev–Trinajstić information content (AvgIpc) is 3.27. The van der Waals surface area contributed by atoms with E-state index in [1.807, 2.05) is 26.8 Å². The number of epoxide rings is 1. The summed E-state index contributed by atoms with van der Waals surface area (Å²) in [6, 6.07) is 0. The molecule has 1 N–H and O–H groups in total. The van der Waals surface area contributed by atoms with E-state index in [1.54, 1.807) is 6.08 Å². The van der Waals surface area contributed by atoms with Gasteiger partial charge in [0.2, 0.25) is 6.29 Å². The molecule has 0 amide bonds. The van der Waals surface area contributed by atoms with Crippen LogP contribution in [0.4, 0.5) is 0 Å². The first-order chi connectivity index (χ1) is 14.8. The molecule has 2 aliphatic heterocycles. The molecule has 0 unspecified atom stereocenters. The standard InChI is InChI=1S/C26H30O6/c1-22(2)16-12-18(28)25(5)15(23(16,3)8-7-17(22)27)6-9-24(4)14(11-19-26(24,25)32-19)13-10-20(29)31-21(13)30/h6-8,10,14,16,19,21,30H,9,11-12H2,1-5H3/t14-,16-,19+,21-,23+,24-,25-,26+/m1/s1. The van der Waals surface area contributed by atoms with Gasteiger partial charge in [-0.3, -0.25) is 9.59 Å². The van der Waals surface area contributed by atoms with E-state index in [0.29, 0.717) is 24.8 Å². The molecule has 0 aromatic rings. The van der Waals surface area contributed by atoms with Gasteiger partial charge < -0.3 is 14.6 Å². The molecule has 2 saturated carbocycles. The van der Waals surface area contributed by atoms with Crippen molar-refractivity contribution in [2.75, 3.05) is 0 Å². The van der Waals surface area contributed by atoms with Crippen molar-refractivity contribution >= 4 is 17.5 Å². The Morgan fingerprint density at radius 1 is 1.09 bits per heavy atom. The fraction of sp³-hybridized carbons (Fsp3) is 0.654. The number of ketones is 2. The number of hydrogen-bond donors (Lipinski definition) is 1. The number of hydrogen-bond acceptors (Lipinski definition) is 6. The monoisotopic (exact) mass is 438 g/mol. The third-order valence-corrected chi connectivity index (χ3v) is 10.3. The molecule has 3 fully saturated rings. The number of aliphatic hydroxyl groups excluding tert-OH is 1. The largest absolute Gasteiger partial charge is 0.429 e. The second-order valence-electron chi connectivity index (χ2n) is 11.8. The van der Waals surface area contributed by atoms with Gasteiger partial charge >= 0.3 is 5.97 Å². The van der Waals surface area contributed by atoms with Gasteiger partial charge in [-0.25, -0.2) is 4.79 Å². The fourth-order valence-corrected chi connectivity index (χ4v) is 8.61. The molecule has 4 aliphatic carbocycles. The Kier molecular flexibility index (Phi) is 3.55. The highest BCUT2D eigenvalue weighted by atomic mass is 16.6. The summed E-state index contributed by atoms with van der Waals surface area (Å²) in [5.74, 6) is -0.516. The first-order valence-electron chi connectivity index (χ1n) is 11.6. The number of carbonyl (C=O) groups excluding carboxylic acids is 3. The zero-order valence-corrected chi connectivity index (χ0v) is 19.2. The number of cyclic esters (lactones) is 1. The van der Waals surface area contributed by atoms with Gasteiger partial charge in [0.25, 0.3) is 0 Å². The number of rotatable bonds is 1. The Balaban J connectivity index is 1.52. The molecule has 2 heterocycles. The normalized spacial score (nSPS) is 52.4. The minimum Gasteiger partial charge on any atom is -0.429 e. The number of allylic oxidation sites excluding steroid dienone is 3. The molecule has 6 rings (SSSR count). The summed E-state index contributed by atoms with van der Waals surface area (Å²) in [7, 11) is 0. The molecule has 0 bridgehead atoms. The van der Waals surface area contributed by atoms with E-state index in [4.69, 9.17) is 9.47 Å². The first-order valence-corrected chi connectivity index (χ1v) is 11.6. The van der Waals surface area contributed by atoms with Crippen LogP contribution >= 0.6 is 0 Å².